The van der Waals surface area contributed by atoms with Gasteiger partial charge in [-0.05, 0) is 30.7 Å². The lowest BCUT2D eigenvalue weighted by Gasteiger charge is -2.10. The molecule has 0 aromatic heterocycles. The smallest absolute Gasteiger partial charge is 0.328 e. The third-order valence-electron chi connectivity index (χ3n) is 3.64. The summed E-state index contributed by atoms with van der Waals surface area (Å²) in [4.78, 5) is 22.2. The molecule has 1 aromatic rings. The van der Waals surface area contributed by atoms with Gasteiger partial charge in [0, 0.05) is 11.8 Å². The van der Waals surface area contributed by atoms with Gasteiger partial charge in [0.2, 0.25) is 5.91 Å². The first-order valence-electron chi connectivity index (χ1n) is 8.73. The molecule has 6 heteroatoms. The maximum Gasteiger partial charge on any atom is 0.328 e. The number of amides is 1. The van der Waals surface area contributed by atoms with E-state index in [1.165, 1.54) is 32.1 Å². The fourth-order valence-corrected chi connectivity index (χ4v) is 2.21. The van der Waals surface area contributed by atoms with Gasteiger partial charge in [-0.3, -0.25) is 4.79 Å². The number of aliphatic carboxylic acids is 1. The van der Waals surface area contributed by atoms with Crippen LogP contribution in [0.2, 0.25) is 0 Å². The van der Waals surface area contributed by atoms with Crippen molar-refractivity contribution in [2.45, 2.75) is 51.5 Å². The van der Waals surface area contributed by atoms with E-state index in [1.807, 2.05) is 0 Å². The number of unbranched alkanes of at least 4 members (excludes halogenated alkanes) is 5. The Hall–Kier alpha value is -2.34. The summed E-state index contributed by atoms with van der Waals surface area (Å²) in [5.41, 5.74) is 6.16. The predicted octanol–water partition coefficient (Wildman–Crippen LogP) is 3.33. The van der Waals surface area contributed by atoms with Crippen molar-refractivity contribution < 1.29 is 19.4 Å². The quantitative estimate of drug-likeness (QED) is 0.397. The highest BCUT2D eigenvalue weighted by molar-refractivity contribution is 5.96. The Labute approximate surface area is 149 Å². The Balaban J connectivity index is 2.31. The molecule has 0 spiro atoms. The van der Waals surface area contributed by atoms with Gasteiger partial charge in [0.15, 0.2) is 0 Å². The Bertz CT molecular complexity index is 555. The predicted molar refractivity (Wildman–Crippen MR) is 98.7 cm³/mol. The highest BCUT2D eigenvalue weighted by Gasteiger charge is 2.10. The lowest BCUT2D eigenvalue weighted by Crippen LogP contribution is -2.33. The van der Waals surface area contributed by atoms with E-state index in [1.54, 1.807) is 24.3 Å². The largest absolute Gasteiger partial charge is 0.494 e. The number of benzene rings is 1. The maximum absolute atomic E-state index is 11.8. The number of carboxylic acids is 1. The molecule has 25 heavy (non-hydrogen) atoms. The molecule has 1 rings (SSSR count). The molecule has 0 radical (unpaired) electrons. The van der Waals surface area contributed by atoms with Gasteiger partial charge < -0.3 is 20.9 Å². The minimum atomic E-state index is -1.14. The molecule has 0 saturated carbocycles. The molecule has 138 valence electrons. The molecule has 1 atom stereocenters. The van der Waals surface area contributed by atoms with E-state index in [0.29, 0.717) is 12.3 Å². The number of carbonyl (C=O) groups is 2. The number of ether oxygens (including phenoxy) is 1. The molecule has 0 heterocycles. The van der Waals surface area contributed by atoms with Crippen LogP contribution in [0.1, 0.15) is 45.4 Å². The zero-order chi connectivity index (χ0) is 18.5. The first-order valence-corrected chi connectivity index (χ1v) is 8.73. The van der Waals surface area contributed by atoms with E-state index in [0.717, 1.165) is 24.3 Å². The van der Waals surface area contributed by atoms with Crippen molar-refractivity contribution in [1.29, 1.82) is 0 Å². The lowest BCUT2D eigenvalue weighted by atomic mass is 10.1. The van der Waals surface area contributed by atoms with Crippen LogP contribution < -0.4 is 15.8 Å². The fourth-order valence-electron chi connectivity index (χ4n) is 2.21. The van der Waals surface area contributed by atoms with E-state index in [9.17, 15) is 9.59 Å². The number of rotatable bonds is 12. The first-order chi connectivity index (χ1) is 12.0. The molecule has 0 aliphatic rings. The molecule has 1 amide bonds. The summed E-state index contributed by atoms with van der Waals surface area (Å²) >= 11 is 0. The second-order valence-electron chi connectivity index (χ2n) is 5.85. The summed E-state index contributed by atoms with van der Waals surface area (Å²) in [5.74, 6) is -0.866. The third-order valence-corrected chi connectivity index (χ3v) is 3.64. The van der Waals surface area contributed by atoms with Crippen molar-refractivity contribution in [3.8, 4) is 5.75 Å². The molecule has 6 nitrogen and oxygen atoms in total. The van der Waals surface area contributed by atoms with Crippen LogP contribution in [-0.2, 0) is 9.59 Å². The van der Waals surface area contributed by atoms with Crippen LogP contribution in [0.25, 0.3) is 0 Å². The summed E-state index contributed by atoms with van der Waals surface area (Å²) in [6.45, 7) is 2.89. The topological polar surface area (TPSA) is 102 Å². The van der Waals surface area contributed by atoms with Gasteiger partial charge in [0.05, 0.1) is 6.61 Å². The molecule has 0 aliphatic heterocycles. The highest BCUT2D eigenvalue weighted by Crippen LogP contribution is 2.16. The SMILES string of the molecule is CCCCCCCCOc1ccc(NC(=O)[C@@H](N)/C=C/C(=O)O)cc1. The van der Waals surface area contributed by atoms with Crippen molar-refractivity contribution in [3.63, 3.8) is 0 Å². The summed E-state index contributed by atoms with van der Waals surface area (Å²) in [5, 5.41) is 11.1. The molecule has 0 saturated heterocycles. The van der Waals surface area contributed by atoms with Crippen LogP contribution in [0.15, 0.2) is 36.4 Å². The van der Waals surface area contributed by atoms with Crippen molar-refractivity contribution >= 4 is 17.6 Å². The molecule has 0 bridgehead atoms. The summed E-state index contributed by atoms with van der Waals surface area (Å²) in [6, 6.07) is 6.00. The van der Waals surface area contributed by atoms with Crippen LogP contribution >= 0.6 is 0 Å². The van der Waals surface area contributed by atoms with Gasteiger partial charge in [-0.15, -0.1) is 0 Å². The molecule has 0 unspecified atom stereocenters. The van der Waals surface area contributed by atoms with Crippen LogP contribution in [0.3, 0.4) is 0 Å². The molecule has 1 aromatic carbocycles. The minimum Gasteiger partial charge on any atom is -0.494 e. The molecule has 0 fully saturated rings. The van der Waals surface area contributed by atoms with Gasteiger partial charge in [-0.25, -0.2) is 4.79 Å². The number of nitrogens with two attached hydrogens (primary N) is 1. The Kier molecular flexibility index (Phi) is 10.0. The molecule has 4 N–H and O–H groups in total. The molecular formula is C19H28N2O4. The average Bonchev–Trinajstić information content (AvgIpc) is 2.60. The Morgan fingerprint density at radius 3 is 2.44 bits per heavy atom. The number of carbonyl (C=O) groups excluding carboxylic acids is 1. The van der Waals surface area contributed by atoms with Crippen molar-refractivity contribution in [2.75, 3.05) is 11.9 Å². The van der Waals surface area contributed by atoms with E-state index in [-0.39, 0.29) is 0 Å². The zero-order valence-electron chi connectivity index (χ0n) is 14.7. The van der Waals surface area contributed by atoms with Gasteiger partial charge in [0.25, 0.3) is 0 Å². The normalized spacial score (nSPS) is 12.1. The summed E-state index contributed by atoms with van der Waals surface area (Å²) in [7, 11) is 0. The minimum absolute atomic E-state index is 0.474. The van der Waals surface area contributed by atoms with Crippen LogP contribution in [0.5, 0.6) is 5.75 Å². The van der Waals surface area contributed by atoms with Crippen LogP contribution in [0.4, 0.5) is 5.69 Å². The monoisotopic (exact) mass is 348 g/mol. The standard InChI is InChI=1S/C19H28N2O4/c1-2-3-4-5-6-7-14-25-16-10-8-15(9-11-16)21-19(24)17(20)12-13-18(22)23/h8-13,17H,2-7,14,20H2,1H3,(H,21,24)(H,22,23)/b13-12+/t17-/m0/s1. The Morgan fingerprint density at radius 2 is 1.80 bits per heavy atom. The van der Waals surface area contributed by atoms with Gasteiger partial charge >= 0.3 is 5.97 Å². The van der Waals surface area contributed by atoms with E-state index in [4.69, 9.17) is 15.6 Å². The average molecular weight is 348 g/mol. The van der Waals surface area contributed by atoms with Crippen LogP contribution in [0, 0.1) is 0 Å². The summed E-state index contributed by atoms with van der Waals surface area (Å²) in [6.07, 6.45) is 9.28. The second-order valence-corrected chi connectivity index (χ2v) is 5.85. The lowest BCUT2D eigenvalue weighted by molar-refractivity contribution is -0.131. The van der Waals surface area contributed by atoms with Gasteiger partial charge in [-0.2, -0.15) is 0 Å². The van der Waals surface area contributed by atoms with E-state index < -0.39 is 17.9 Å². The van der Waals surface area contributed by atoms with Crippen molar-refractivity contribution in [1.82, 2.24) is 0 Å². The molecule has 0 aliphatic carbocycles. The number of nitrogens with one attached hydrogen (secondary N) is 1. The second kappa shape index (κ2) is 12.1. The van der Waals surface area contributed by atoms with Crippen molar-refractivity contribution in [3.05, 3.63) is 36.4 Å². The number of carboxylic acid groups (broad SMARTS) is 1. The molecular weight excluding hydrogens is 320 g/mol. The van der Waals surface area contributed by atoms with Gasteiger partial charge in [0.1, 0.15) is 11.8 Å². The number of anilines is 1. The van der Waals surface area contributed by atoms with Crippen LogP contribution in [-0.4, -0.2) is 29.6 Å². The van der Waals surface area contributed by atoms with E-state index >= 15 is 0 Å². The van der Waals surface area contributed by atoms with Gasteiger partial charge in [-0.1, -0.05) is 45.1 Å². The summed E-state index contributed by atoms with van der Waals surface area (Å²) < 4.78 is 5.67. The highest BCUT2D eigenvalue weighted by atomic mass is 16.5. The third kappa shape index (κ3) is 9.52. The maximum atomic E-state index is 11.8. The number of hydrogen-bond acceptors (Lipinski definition) is 4. The Morgan fingerprint density at radius 1 is 1.16 bits per heavy atom. The first kappa shape index (κ1) is 20.7. The fraction of sp³-hybridized carbons (Fsp3) is 0.474. The van der Waals surface area contributed by atoms with E-state index in [2.05, 4.69) is 12.2 Å². The number of hydrogen-bond donors (Lipinski definition) is 3. The van der Waals surface area contributed by atoms with Crippen molar-refractivity contribution in [2.24, 2.45) is 5.73 Å². The zero-order valence-corrected chi connectivity index (χ0v) is 14.7.